The third-order valence-corrected chi connectivity index (χ3v) is 3.77. The standard InChI is InChI=1S/C16H27N3O2/c1-7-19(8-2)16(20)13(5)17-10-14-12(4)15(21-6)11(3)9-18-14/h9,13,17H,7-8,10H2,1-6H3. The van der Waals surface area contributed by atoms with Gasteiger partial charge in [-0.1, -0.05) is 0 Å². The van der Waals surface area contributed by atoms with Gasteiger partial charge < -0.3 is 15.0 Å². The minimum Gasteiger partial charge on any atom is -0.496 e. The van der Waals surface area contributed by atoms with E-state index in [4.69, 9.17) is 4.74 Å². The second-order valence-electron chi connectivity index (χ2n) is 5.16. The number of carbonyl (C=O) groups is 1. The number of hydrogen-bond donors (Lipinski definition) is 1. The lowest BCUT2D eigenvalue weighted by atomic mass is 10.1. The molecule has 5 heteroatoms. The second-order valence-corrected chi connectivity index (χ2v) is 5.16. The maximum atomic E-state index is 12.2. The Morgan fingerprint density at radius 2 is 2.00 bits per heavy atom. The van der Waals surface area contributed by atoms with Crippen LogP contribution in [0.25, 0.3) is 0 Å². The first kappa shape index (κ1) is 17.4. The quantitative estimate of drug-likeness (QED) is 0.836. The predicted molar refractivity (Wildman–Crippen MR) is 84.5 cm³/mol. The van der Waals surface area contributed by atoms with Gasteiger partial charge >= 0.3 is 0 Å². The summed E-state index contributed by atoms with van der Waals surface area (Å²) in [7, 11) is 1.67. The fourth-order valence-corrected chi connectivity index (χ4v) is 2.40. The van der Waals surface area contributed by atoms with Crippen LogP contribution in [-0.2, 0) is 11.3 Å². The molecule has 118 valence electrons. The maximum Gasteiger partial charge on any atom is 0.239 e. The van der Waals surface area contributed by atoms with Crippen LogP contribution in [0.5, 0.6) is 5.75 Å². The van der Waals surface area contributed by atoms with E-state index in [9.17, 15) is 4.79 Å². The number of amides is 1. The molecule has 0 saturated carbocycles. The molecule has 1 heterocycles. The number of nitrogens with one attached hydrogen (secondary N) is 1. The second kappa shape index (κ2) is 7.98. The molecular formula is C16H27N3O2. The van der Waals surface area contributed by atoms with Gasteiger partial charge in [-0.05, 0) is 34.6 Å². The van der Waals surface area contributed by atoms with Crippen LogP contribution in [-0.4, -0.2) is 42.0 Å². The van der Waals surface area contributed by atoms with Crippen molar-refractivity contribution in [2.75, 3.05) is 20.2 Å². The molecule has 21 heavy (non-hydrogen) atoms. The Kier molecular flexibility index (Phi) is 6.62. The number of aryl methyl sites for hydroxylation is 1. The van der Waals surface area contributed by atoms with E-state index in [1.807, 2.05) is 39.5 Å². The van der Waals surface area contributed by atoms with Crippen molar-refractivity contribution >= 4 is 5.91 Å². The molecule has 0 fully saturated rings. The SMILES string of the molecule is CCN(CC)C(=O)C(C)NCc1ncc(C)c(OC)c1C. The fourth-order valence-electron chi connectivity index (χ4n) is 2.40. The molecule has 1 atom stereocenters. The normalized spacial score (nSPS) is 12.1. The molecule has 1 unspecified atom stereocenters. The smallest absolute Gasteiger partial charge is 0.239 e. The van der Waals surface area contributed by atoms with Crippen LogP contribution < -0.4 is 10.1 Å². The third-order valence-electron chi connectivity index (χ3n) is 3.77. The van der Waals surface area contributed by atoms with E-state index in [0.29, 0.717) is 6.54 Å². The van der Waals surface area contributed by atoms with Crippen LogP contribution in [0.3, 0.4) is 0 Å². The molecule has 5 nitrogen and oxygen atoms in total. The Labute approximate surface area is 127 Å². The lowest BCUT2D eigenvalue weighted by Crippen LogP contribution is -2.44. The minimum atomic E-state index is -0.224. The number of likely N-dealkylation sites (N-methyl/N-ethyl adjacent to an activating group) is 1. The molecule has 1 aromatic heterocycles. The van der Waals surface area contributed by atoms with Crippen LogP contribution in [0.15, 0.2) is 6.20 Å². The Bertz CT molecular complexity index is 485. The summed E-state index contributed by atoms with van der Waals surface area (Å²) in [5.41, 5.74) is 2.95. The van der Waals surface area contributed by atoms with Crippen molar-refractivity contribution in [3.63, 3.8) is 0 Å². The van der Waals surface area contributed by atoms with Crippen LogP contribution in [0.2, 0.25) is 0 Å². The molecule has 0 spiro atoms. The highest BCUT2D eigenvalue weighted by molar-refractivity contribution is 5.81. The summed E-state index contributed by atoms with van der Waals surface area (Å²) >= 11 is 0. The number of hydrogen-bond acceptors (Lipinski definition) is 4. The van der Waals surface area contributed by atoms with Crippen molar-refractivity contribution in [2.45, 2.75) is 47.2 Å². The van der Waals surface area contributed by atoms with E-state index in [1.165, 1.54) is 0 Å². The van der Waals surface area contributed by atoms with Crippen LogP contribution >= 0.6 is 0 Å². The molecule has 0 aliphatic carbocycles. The van der Waals surface area contributed by atoms with Gasteiger partial charge in [-0.2, -0.15) is 0 Å². The molecule has 0 bridgehead atoms. The Morgan fingerprint density at radius 1 is 1.38 bits per heavy atom. The van der Waals surface area contributed by atoms with E-state index < -0.39 is 0 Å². The maximum absolute atomic E-state index is 12.2. The van der Waals surface area contributed by atoms with E-state index in [0.717, 1.165) is 35.7 Å². The molecule has 0 aromatic carbocycles. The van der Waals surface area contributed by atoms with Gasteiger partial charge in [-0.15, -0.1) is 0 Å². The van der Waals surface area contributed by atoms with Crippen molar-refractivity contribution in [3.05, 3.63) is 23.0 Å². The van der Waals surface area contributed by atoms with Gasteiger partial charge in [0.05, 0.1) is 18.8 Å². The van der Waals surface area contributed by atoms with Gasteiger partial charge in [-0.3, -0.25) is 9.78 Å². The summed E-state index contributed by atoms with van der Waals surface area (Å²) in [5.74, 6) is 0.987. The van der Waals surface area contributed by atoms with Crippen LogP contribution in [0.1, 0.15) is 37.6 Å². The minimum absolute atomic E-state index is 0.122. The molecule has 0 aliphatic rings. The van der Waals surface area contributed by atoms with Crippen molar-refractivity contribution in [3.8, 4) is 5.75 Å². The molecule has 0 aliphatic heterocycles. The molecule has 0 radical (unpaired) electrons. The lowest BCUT2D eigenvalue weighted by molar-refractivity contribution is -0.132. The first-order chi connectivity index (χ1) is 9.96. The topological polar surface area (TPSA) is 54.5 Å². The first-order valence-corrected chi connectivity index (χ1v) is 7.47. The van der Waals surface area contributed by atoms with Crippen molar-refractivity contribution in [1.82, 2.24) is 15.2 Å². The van der Waals surface area contributed by atoms with Gasteiger partial charge in [0, 0.05) is 37.0 Å². The number of ether oxygens (including phenoxy) is 1. The number of aromatic nitrogens is 1. The zero-order valence-corrected chi connectivity index (χ0v) is 14.0. The summed E-state index contributed by atoms with van der Waals surface area (Å²) in [6, 6.07) is -0.224. The van der Waals surface area contributed by atoms with Gasteiger partial charge in [0.15, 0.2) is 0 Å². The highest BCUT2D eigenvalue weighted by Crippen LogP contribution is 2.23. The van der Waals surface area contributed by atoms with E-state index in [2.05, 4.69) is 10.3 Å². The molecule has 1 aromatic rings. The summed E-state index contributed by atoms with van der Waals surface area (Å²) < 4.78 is 5.40. The molecule has 1 amide bonds. The van der Waals surface area contributed by atoms with Gasteiger partial charge in [0.25, 0.3) is 0 Å². The summed E-state index contributed by atoms with van der Waals surface area (Å²) in [5, 5.41) is 3.25. The van der Waals surface area contributed by atoms with Crippen LogP contribution in [0.4, 0.5) is 0 Å². The Hall–Kier alpha value is -1.62. The van der Waals surface area contributed by atoms with E-state index >= 15 is 0 Å². The molecular weight excluding hydrogens is 266 g/mol. The number of methoxy groups -OCH3 is 1. The Balaban J connectivity index is 2.73. The average Bonchev–Trinajstić information content (AvgIpc) is 2.47. The van der Waals surface area contributed by atoms with Crippen molar-refractivity contribution in [2.24, 2.45) is 0 Å². The van der Waals surface area contributed by atoms with Crippen LogP contribution in [0, 0.1) is 13.8 Å². The Morgan fingerprint density at radius 3 is 2.52 bits per heavy atom. The molecule has 1 N–H and O–H groups in total. The van der Waals surface area contributed by atoms with E-state index in [-0.39, 0.29) is 11.9 Å². The zero-order valence-electron chi connectivity index (χ0n) is 14.0. The number of pyridine rings is 1. The number of nitrogens with zero attached hydrogens (tertiary/aromatic N) is 2. The first-order valence-electron chi connectivity index (χ1n) is 7.47. The summed E-state index contributed by atoms with van der Waals surface area (Å²) in [4.78, 5) is 18.5. The van der Waals surface area contributed by atoms with Gasteiger partial charge in [0.2, 0.25) is 5.91 Å². The highest BCUT2D eigenvalue weighted by atomic mass is 16.5. The highest BCUT2D eigenvalue weighted by Gasteiger charge is 2.18. The summed E-state index contributed by atoms with van der Waals surface area (Å²) in [6.07, 6.45) is 1.81. The lowest BCUT2D eigenvalue weighted by Gasteiger charge is -2.23. The third kappa shape index (κ3) is 4.17. The van der Waals surface area contributed by atoms with Gasteiger partial charge in [-0.25, -0.2) is 0 Å². The van der Waals surface area contributed by atoms with Gasteiger partial charge in [0.1, 0.15) is 5.75 Å². The number of carbonyl (C=O) groups excluding carboxylic acids is 1. The predicted octanol–water partition coefficient (Wildman–Crippen LogP) is 2.05. The molecule has 0 saturated heterocycles. The fraction of sp³-hybridized carbons (Fsp3) is 0.625. The van der Waals surface area contributed by atoms with Crippen molar-refractivity contribution in [1.29, 1.82) is 0 Å². The number of rotatable bonds is 7. The van der Waals surface area contributed by atoms with Crippen molar-refractivity contribution < 1.29 is 9.53 Å². The van der Waals surface area contributed by atoms with E-state index in [1.54, 1.807) is 13.3 Å². The molecule has 1 rings (SSSR count). The average molecular weight is 293 g/mol. The zero-order chi connectivity index (χ0) is 16.0. The monoisotopic (exact) mass is 293 g/mol. The largest absolute Gasteiger partial charge is 0.496 e. The summed E-state index contributed by atoms with van der Waals surface area (Å²) in [6.45, 7) is 11.9.